The number of hydrogen-bond acceptors (Lipinski definition) is 3. The summed E-state index contributed by atoms with van der Waals surface area (Å²) in [6.07, 6.45) is 4.81. The van der Waals surface area contributed by atoms with E-state index in [9.17, 15) is 0 Å². The Morgan fingerprint density at radius 2 is 1.90 bits per heavy atom. The Hall–Kier alpha value is -1.32. The van der Waals surface area contributed by atoms with E-state index in [4.69, 9.17) is 32.9 Å². The molecule has 1 fully saturated rings. The summed E-state index contributed by atoms with van der Waals surface area (Å²) in [5.41, 5.74) is 1.70. The number of ether oxygens (including phenoxy) is 1. The van der Waals surface area contributed by atoms with E-state index in [1.54, 1.807) is 13.2 Å². The highest BCUT2D eigenvalue weighted by Gasteiger charge is 2.21. The van der Waals surface area contributed by atoms with Gasteiger partial charge in [-0.2, -0.15) is 0 Å². The Morgan fingerprint density at radius 1 is 1.14 bits per heavy atom. The molecule has 0 spiro atoms. The molecule has 1 heterocycles. The highest BCUT2D eigenvalue weighted by Crippen LogP contribution is 2.38. The first-order valence-corrected chi connectivity index (χ1v) is 7.82. The summed E-state index contributed by atoms with van der Waals surface area (Å²) < 4.78 is 5.38. The lowest BCUT2D eigenvalue weighted by Gasteiger charge is -2.13. The molecule has 5 heteroatoms. The summed E-state index contributed by atoms with van der Waals surface area (Å²) in [6.45, 7) is 0. The molecule has 21 heavy (non-hydrogen) atoms. The van der Waals surface area contributed by atoms with Crippen LogP contribution in [-0.4, -0.2) is 17.1 Å². The van der Waals surface area contributed by atoms with Gasteiger partial charge in [0.05, 0.1) is 17.7 Å². The van der Waals surface area contributed by atoms with Gasteiger partial charge in [0, 0.05) is 11.6 Å². The second kappa shape index (κ2) is 6.20. The number of nitrogens with zero attached hydrogens (tertiary/aromatic N) is 2. The molecule has 3 nitrogen and oxygen atoms in total. The molecule has 0 aliphatic heterocycles. The molecule has 0 bridgehead atoms. The first kappa shape index (κ1) is 14.6. The van der Waals surface area contributed by atoms with E-state index in [-0.39, 0.29) is 0 Å². The van der Waals surface area contributed by atoms with E-state index < -0.39 is 0 Å². The molecule has 1 aliphatic rings. The monoisotopic (exact) mass is 322 g/mol. The van der Waals surface area contributed by atoms with Gasteiger partial charge < -0.3 is 4.74 Å². The quantitative estimate of drug-likeness (QED) is 0.736. The number of rotatable bonds is 3. The van der Waals surface area contributed by atoms with Gasteiger partial charge in [-0.25, -0.2) is 9.97 Å². The highest BCUT2D eigenvalue weighted by molar-refractivity contribution is 6.33. The molecule has 1 aromatic carbocycles. The van der Waals surface area contributed by atoms with Crippen LogP contribution in [0.5, 0.6) is 5.75 Å². The number of hydrogen-bond donors (Lipinski definition) is 0. The fourth-order valence-electron chi connectivity index (χ4n) is 2.87. The van der Waals surface area contributed by atoms with Crippen molar-refractivity contribution in [3.63, 3.8) is 0 Å². The van der Waals surface area contributed by atoms with Gasteiger partial charge in [0.1, 0.15) is 10.9 Å². The van der Waals surface area contributed by atoms with Crippen molar-refractivity contribution in [3.8, 4) is 17.1 Å². The number of halogens is 2. The molecule has 1 aliphatic carbocycles. The van der Waals surface area contributed by atoms with Gasteiger partial charge in [0.2, 0.25) is 0 Å². The van der Waals surface area contributed by atoms with E-state index in [1.807, 2.05) is 18.2 Å². The summed E-state index contributed by atoms with van der Waals surface area (Å²) in [6, 6.07) is 7.36. The Bertz CT molecular complexity index is 655. The van der Waals surface area contributed by atoms with E-state index in [1.165, 1.54) is 12.8 Å². The third kappa shape index (κ3) is 2.99. The summed E-state index contributed by atoms with van der Waals surface area (Å²) in [4.78, 5) is 9.03. The Labute approximate surface area is 134 Å². The van der Waals surface area contributed by atoms with Crippen molar-refractivity contribution >= 4 is 23.2 Å². The van der Waals surface area contributed by atoms with Crippen molar-refractivity contribution in [2.45, 2.75) is 31.6 Å². The molecule has 1 aromatic heterocycles. The molecule has 0 saturated heterocycles. The first-order chi connectivity index (χ1) is 10.2. The van der Waals surface area contributed by atoms with Gasteiger partial charge in [0.25, 0.3) is 0 Å². The van der Waals surface area contributed by atoms with Crippen molar-refractivity contribution < 1.29 is 4.74 Å². The molecular weight excluding hydrogens is 307 g/mol. The predicted molar refractivity (Wildman–Crippen MR) is 85.2 cm³/mol. The minimum Gasteiger partial charge on any atom is -0.496 e. The van der Waals surface area contributed by atoms with E-state index >= 15 is 0 Å². The topological polar surface area (TPSA) is 35.0 Å². The van der Waals surface area contributed by atoms with Gasteiger partial charge in [-0.05, 0) is 31.0 Å². The van der Waals surface area contributed by atoms with Crippen molar-refractivity contribution in [1.82, 2.24) is 9.97 Å². The lowest BCUT2D eigenvalue weighted by Crippen LogP contribution is -2.02. The lowest BCUT2D eigenvalue weighted by atomic mass is 10.0. The first-order valence-electron chi connectivity index (χ1n) is 7.06. The molecular formula is C16H16Cl2N2O. The van der Waals surface area contributed by atoms with Crippen LogP contribution < -0.4 is 4.74 Å². The zero-order chi connectivity index (χ0) is 14.8. The zero-order valence-electron chi connectivity index (χ0n) is 11.8. The number of methoxy groups -OCH3 is 1. The van der Waals surface area contributed by atoms with Crippen molar-refractivity contribution in [2.75, 3.05) is 7.11 Å². The van der Waals surface area contributed by atoms with Crippen LogP contribution in [0.1, 0.15) is 37.3 Å². The van der Waals surface area contributed by atoms with Crippen LogP contribution in [0.25, 0.3) is 11.4 Å². The normalized spacial score (nSPS) is 15.4. The van der Waals surface area contributed by atoms with Crippen LogP contribution in [0.15, 0.2) is 24.3 Å². The molecule has 3 rings (SSSR count). The van der Waals surface area contributed by atoms with Gasteiger partial charge in [0.15, 0.2) is 5.82 Å². The largest absolute Gasteiger partial charge is 0.496 e. The Balaban J connectivity index is 2.10. The van der Waals surface area contributed by atoms with E-state index in [0.29, 0.717) is 33.2 Å². The van der Waals surface area contributed by atoms with Crippen molar-refractivity contribution in [2.24, 2.45) is 0 Å². The third-order valence-corrected chi connectivity index (χ3v) is 4.42. The summed E-state index contributed by atoms with van der Waals surface area (Å²) in [5, 5.41) is 1.01. The third-order valence-electron chi connectivity index (χ3n) is 3.91. The molecule has 0 radical (unpaired) electrons. The molecule has 0 unspecified atom stereocenters. The van der Waals surface area contributed by atoms with Crippen LogP contribution in [-0.2, 0) is 0 Å². The zero-order valence-corrected chi connectivity index (χ0v) is 13.3. The number of benzene rings is 1. The molecule has 0 N–H and O–H groups in total. The SMILES string of the molecule is COc1cccc(Cl)c1-c1nc(Cl)cc(C2CCCC2)n1. The van der Waals surface area contributed by atoms with Gasteiger partial charge in [-0.3, -0.25) is 0 Å². The standard InChI is InChI=1S/C16H16Cl2N2O/c1-21-13-8-4-7-11(17)15(13)16-19-12(9-14(18)20-16)10-5-2-3-6-10/h4,7-10H,2-3,5-6H2,1H3. The van der Waals surface area contributed by atoms with Gasteiger partial charge in [-0.15, -0.1) is 0 Å². The van der Waals surface area contributed by atoms with Crippen LogP contribution >= 0.6 is 23.2 Å². The molecule has 2 aromatic rings. The smallest absolute Gasteiger partial charge is 0.166 e. The molecule has 1 saturated carbocycles. The molecule has 0 amide bonds. The Kier molecular flexibility index (Phi) is 4.32. The van der Waals surface area contributed by atoms with Gasteiger partial charge >= 0.3 is 0 Å². The highest BCUT2D eigenvalue weighted by atomic mass is 35.5. The average molecular weight is 323 g/mol. The van der Waals surface area contributed by atoms with E-state index in [2.05, 4.69) is 4.98 Å². The lowest BCUT2D eigenvalue weighted by molar-refractivity contribution is 0.416. The Morgan fingerprint density at radius 3 is 2.62 bits per heavy atom. The second-order valence-corrected chi connectivity index (χ2v) is 6.03. The number of aromatic nitrogens is 2. The van der Waals surface area contributed by atoms with Crippen molar-refractivity contribution in [3.05, 3.63) is 40.1 Å². The van der Waals surface area contributed by atoms with Gasteiger partial charge in [-0.1, -0.05) is 42.1 Å². The maximum absolute atomic E-state index is 6.30. The van der Waals surface area contributed by atoms with E-state index in [0.717, 1.165) is 18.5 Å². The second-order valence-electron chi connectivity index (χ2n) is 5.24. The maximum atomic E-state index is 6.30. The fraction of sp³-hybridized carbons (Fsp3) is 0.375. The maximum Gasteiger partial charge on any atom is 0.166 e. The summed E-state index contributed by atoms with van der Waals surface area (Å²) in [7, 11) is 1.61. The fourth-order valence-corrected chi connectivity index (χ4v) is 3.31. The average Bonchev–Trinajstić information content (AvgIpc) is 3.00. The van der Waals surface area contributed by atoms with Crippen LogP contribution in [0.2, 0.25) is 10.2 Å². The summed E-state index contributed by atoms with van der Waals surface area (Å²) >= 11 is 12.5. The van der Waals surface area contributed by atoms with Crippen LogP contribution in [0, 0.1) is 0 Å². The minimum absolute atomic E-state index is 0.448. The summed E-state index contributed by atoms with van der Waals surface area (Å²) in [5.74, 6) is 1.66. The van der Waals surface area contributed by atoms with Crippen LogP contribution in [0.3, 0.4) is 0 Å². The van der Waals surface area contributed by atoms with Crippen LogP contribution in [0.4, 0.5) is 0 Å². The molecule has 0 atom stereocenters. The molecule has 110 valence electrons. The minimum atomic E-state index is 0.448. The van der Waals surface area contributed by atoms with Crippen molar-refractivity contribution in [1.29, 1.82) is 0 Å². The predicted octanol–water partition coefficient (Wildman–Crippen LogP) is 5.12.